The van der Waals surface area contributed by atoms with E-state index in [-0.39, 0.29) is 12.4 Å². The van der Waals surface area contributed by atoms with E-state index in [2.05, 4.69) is 4.98 Å². The van der Waals surface area contributed by atoms with Crippen molar-refractivity contribution < 1.29 is 22.6 Å². The average molecular weight is 366 g/mol. The van der Waals surface area contributed by atoms with Crippen LogP contribution in [0.15, 0.2) is 24.4 Å². The highest BCUT2D eigenvalue weighted by Gasteiger charge is 2.35. The van der Waals surface area contributed by atoms with Crippen LogP contribution in [-0.2, 0) is 29.1 Å². The average Bonchev–Trinajstić information content (AvgIpc) is 3.19. The van der Waals surface area contributed by atoms with E-state index in [1.54, 1.807) is 7.05 Å². The summed E-state index contributed by atoms with van der Waals surface area (Å²) >= 11 is 0. The molecule has 2 heterocycles. The van der Waals surface area contributed by atoms with E-state index in [0.29, 0.717) is 11.4 Å². The molecule has 1 aromatic carbocycles. The van der Waals surface area contributed by atoms with Crippen LogP contribution < -0.4 is 0 Å². The monoisotopic (exact) mass is 366 g/mol. The number of aryl methyl sites for hydroxylation is 2. The maximum absolute atomic E-state index is 12.9. The van der Waals surface area contributed by atoms with E-state index >= 15 is 0 Å². The SMILES string of the molecule is Cn1cc(C(F)(F)F)nc1-c1ccc2c(c1)CCC2OC1CCCCO1. The third kappa shape index (κ3) is 3.38. The molecule has 1 fully saturated rings. The van der Waals surface area contributed by atoms with Gasteiger partial charge in [0.05, 0.1) is 6.10 Å². The first-order chi connectivity index (χ1) is 12.4. The predicted octanol–water partition coefficient (Wildman–Crippen LogP) is 4.64. The van der Waals surface area contributed by atoms with Crippen LogP contribution in [0.3, 0.4) is 0 Å². The number of hydrogen-bond acceptors (Lipinski definition) is 3. The molecule has 4 rings (SSSR count). The van der Waals surface area contributed by atoms with Crippen molar-refractivity contribution in [3.63, 3.8) is 0 Å². The summed E-state index contributed by atoms with van der Waals surface area (Å²) in [6.45, 7) is 0.740. The highest BCUT2D eigenvalue weighted by atomic mass is 19.4. The maximum Gasteiger partial charge on any atom is 0.434 e. The molecule has 0 bridgehead atoms. The fraction of sp³-hybridized carbons (Fsp3) is 0.526. The molecule has 2 atom stereocenters. The summed E-state index contributed by atoms with van der Waals surface area (Å²) in [5.74, 6) is 0.320. The van der Waals surface area contributed by atoms with Crippen molar-refractivity contribution in [2.75, 3.05) is 6.61 Å². The smallest absolute Gasteiger partial charge is 0.353 e. The lowest BCUT2D eigenvalue weighted by Crippen LogP contribution is -2.23. The predicted molar refractivity (Wildman–Crippen MR) is 89.4 cm³/mol. The molecule has 1 saturated heterocycles. The summed E-state index contributed by atoms with van der Waals surface area (Å²) in [6, 6.07) is 5.71. The van der Waals surface area contributed by atoms with Crippen molar-refractivity contribution in [2.24, 2.45) is 7.05 Å². The minimum Gasteiger partial charge on any atom is -0.353 e. The van der Waals surface area contributed by atoms with Crippen molar-refractivity contribution >= 4 is 0 Å². The molecule has 7 heteroatoms. The highest BCUT2D eigenvalue weighted by Crippen LogP contribution is 2.38. The number of fused-ring (bicyclic) bond motifs is 1. The lowest BCUT2D eigenvalue weighted by Gasteiger charge is -2.26. The molecular weight excluding hydrogens is 345 g/mol. The molecule has 26 heavy (non-hydrogen) atoms. The van der Waals surface area contributed by atoms with Crippen LogP contribution in [0, 0.1) is 0 Å². The Bertz CT molecular complexity index is 795. The first kappa shape index (κ1) is 17.5. The molecule has 1 aliphatic heterocycles. The van der Waals surface area contributed by atoms with Gasteiger partial charge in [0.15, 0.2) is 12.0 Å². The van der Waals surface area contributed by atoms with Crippen molar-refractivity contribution in [2.45, 2.75) is 50.7 Å². The van der Waals surface area contributed by atoms with Gasteiger partial charge in [0.1, 0.15) is 5.82 Å². The van der Waals surface area contributed by atoms with E-state index in [4.69, 9.17) is 9.47 Å². The number of nitrogens with zero attached hydrogens (tertiary/aromatic N) is 2. The first-order valence-electron chi connectivity index (χ1n) is 8.92. The maximum atomic E-state index is 12.9. The normalized spacial score (nSPS) is 23.2. The van der Waals surface area contributed by atoms with Gasteiger partial charge in [-0.05, 0) is 49.3 Å². The number of halogens is 3. The molecule has 4 nitrogen and oxygen atoms in total. The second kappa shape index (κ2) is 6.70. The number of alkyl halides is 3. The molecule has 0 saturated carbocycles. The zero-order valence-electron chi connectivity index (χ0n) is 14.6. The summed E-state index contributed by atoms with van der Waals surface area (Å²) in [6.07, 6.45) is 1.25. The molecule has 2 aromatic rings. The lowest BCUT2D eigenvalue weighted by molar-refractivity contribution is -0.189. The third-order valence-electron chi connectivity index (χ3n) is 5.04. The molecule has 0 spiro atoms. The van der Waals surface area contributed by atoms with Crippen molar-refractivity contribution in [3.8, 4) is 11.4 Å². The molecular formula is C19H21F3N2O2. The van der Waals surface area contributed by atoms with Gasteiger partial charge in [-0.2, -0.15) is 13.2 Å². The van der Waals surface area contributed by atoms with Crippen molar-refractivity contribution in [3.05, 3.63) is 41.2 Å². The van der Waals surface area contributed by atoms with Gasteiger partial charge in [-0.3, -0.25) is 0 Å². The van der Waals surface area contributed by atoms with Crippen LogP contribution in [0.2, 0.25) is 0 Å². The molecule has 140 valence electrons. The molecule has 0 N–H and O–H groups in total. The van der Waals surface area contributed by atoms with Crippen molar-refractivity contribution in [1.82, 2.24) is 9.55 Å². The third-order valence-corrected chi connectivity index (χ3v) is 5.04. The number of benzene rings is 1. The summed E-state index contributed by atoms with van der Waals surface area (Å²) in [4.78, 5) is 3.78. The largest absolute Gasteiger partial charge is 0.434 e. The van der Waals surface area contributed by atoms with E-state index in [0.717, 1.165) is 56.0 Å². The standard InChI is InChI=1S/C19H21F3N2O2/c1-24-11-16(19(20,21)22)23-18(24)13-5-7-14-12(10-13)6-8-15(14)26-17-4-2-3-9-25-17/h5,7,10-11,15,17H,2-4,6,8-9H2,1H3. The number of rotatable bonds is 3. The van der Waals surface area contributed by atoms with Crippen LogP contribution in [0.4, 0.5) is 13.2 Å². The number of aromatic nitrogens is 2. The fourth-order valence-corrected chi connectivity index (χ4v) is 3.73. The Morgan fingerprint density at radius 2 is 2.08 bits per heavy atom. The molecule has 1 aliphatic carbocycles. The summed E-state index contributed by atoms with van der Waals surface area (Å²) in [7, 11) is 1.58. The molecule has 2 aliphatic rings. The van der Waals surface area contributed by atoms with Gasteiger partial charge in [0.2, 0.25) is 0 Å². The van der Waals surface area contributed by atoms with Crippen LogP contribution in [-0.4, -0.2) is 22.4 Å². The molecule has 2 unspecified atom stereocenters. The Balaban J connectivity index is 1.56. The van der Waals surface area contributed by atoms with Gasteiger partial charge >= 0.3 is 6.18 Å². The quantitative estimate of drug-likeness (QED) is 0.794. The Morgan fingerprint density at radius 3 is 2.77 bits per heavy atom. The minimum atomic E-state index is -4.44. The lowest BCUT2D eigenvalue weighted by atomic mass is 10.1. The van der Waals surface area contributed by atoms with Crippen LogP contribution in [0.1, 0.15) is 48.6 Å². The minimum absolute atomic E-state index is 0.00532. The second-order valence-electron chi connectivity index (χ2n) is 6.93. The molecule has 0 amide bonds. The van der Waals surface area contributed by atoms with Crippen LogP contribution in [0.25, 0.3) is 11.4 Å². The van der Waals surface area contributed by atoms with Gasteiger partial charge in [0.25, 0.3) is 0 Å². The second-order valence-corrected chi connectivity index (χ2v) is 6.93. The van der Waals surface area contributed by atoms with E-state index in [9.17, 15) is 13.2 Å². The van der Waals surface area contributed by atoms with E-state index in [1.165, 1.54) is 4.57 Å². The van der Waals surface area contributed by atoms with Gasteiger partial charge in [-0.1, -0.05) is 12.1 Å². The first-order valence-corrected chi connectivity index (χ1v) is 8.92. The highest BCUT2D eigenvalue weighted by molar-refractivity contribution is 5.59. The Morgan fingerprint density at radius 1 is 1.23 bits per heavy atom. The zero-order chi connectivity index (χ0) is 18.3. The van der Waals surface area contributed by atoms with E-state index < -0.39 is 11.9 Å². The fourth-order valence-electron chi connectivity index (χ4n) is 3.73. The van der Waals surface area contributed by atoms with Gasteiger partial charge in [-0.25, -0.2) is 4.98 Å². The number of ether oxygens (including phenoxy) is 2. The van der Waals surface area contributed by atoms with Gasteiger partial charge in [0, 0.05) is 25.4 Å². The van der Waals surface area contributed by atoms with Gasteiger partial charge in [-0.15, -0.1) is 0 Å². The number of hydrogen-bond donors (Lipinski definition) is 0. The Kier molecular flexibility index (Phi) is 4.52. The molecule has 0 radical (unpaired) electrons. The van der Waals surface area contributed by atoms with Crippen molar-refractivity contribution in [1.29, 1.82) is 0 Å². The van der Waals surface area contributed by atoms with E-state index in [1.807, 2.05) is 18.2 Å². The zero-order valence-corrected chi connectivity index (χ0v) is 14.6. The topological polar surface area (TPSA) is 36.3 Å². The van der Waals surface area contributed by atoms with Crippen LogP contribution in [0.5, 0.6) is 0 Å². The summed E-state index contributed by atoms with van der Waals surface area (Å²) in [5.41, 5.74) is 2.04. The van der Waals surface area contributed by atoms with Gasteiger partial charge < -0.3 is 14.0 Å². The summed E-state index contributed by atoms with van der Waals surface area (Å²) < 4.78 is 51.8. The number of imidazole rings is 1. The summed E-state index contributed by atoms with van der Waals surface area (Å²) in [5, 5.41) is 0. The molecule has 1 aromatic heterocycles. The Hall–Kier alpha value is -1.86. The Labute approximate surface area is 149 Å². The van der Waals surface area contributed by atoms with Crippen LogP contribution >= 0.6 is 0 Å².